The number of halogens is 1. The number of carbonyl (C=O) groups excluding carboxylic acids is 1. The van der Waals surface area contributed by atoms with Gasteiger partial charge < -0.3 is 15.4 Å². The van der Waals surface area contributed by atoms with Crippen LogP contribution in [0.25, 0.3) is 33.5 Å². The zero-order chi connectivity index (χ0) is 17.7. The molecule has 26 heavy (non-hydrogen) atoms. The van der Waals surface area contributed by atoms with Crippen molar-refractivity contribution in [3.05, 3.63) is 46.9 Å². The van der Waals surface area contributed by atoms with Crippen molar-refractivity contribution in [3.8, 4) is 11.4 Å². The van der Waals surface area contributed by atoms with Gasteiger partial charge >= 0.3 is 0 Å². The Labute approximate surface area is 158 Å². The Morgan fingerprint density at radius 2 is 1.85 bits per heavy atom. The summed E-state index contributed by atoms with van der Waals surface area (Å²) in [5.74, 6) is 0.704. The predicted octanol–water partition coefficient (Wildman–Crippen LogP) is 3.85. The number of hydrogen-bond acceptors (Lipinski definition) is 3. The first-order valence-electron chi connectivity index (χ1n) is 7.94. The minimum absolute atomic E-state index is 0. The molecule has 0 unspecified atom stereocenters. The summed E-state index contributed by atoms with van der Waals surface area (Å²) in [6.45, 7) is 1.56. The number of carbonyl (C=O) groups is 1. The number of H-pyrrole nitrogens is 1. The van der Waals surface area contributed by atoms with E-state index in [-0.39, 0.29) is 11.4 Å². The van der Waals surface area contributed by atoms with Crippen molar-refractivity contribution in [1.82, 2.24) is 14.5 Å². The van der Waals surface area contributed by atoms with Gasteiger partial charge in [-0.05, 0) is 42.5 Å². The lowest BCUT2D eigenvalue weighted by Crippen LogP contribution is -2.08. The molecule has 3 N–H and O–H groups in total. The minimum atomic E-state index is -0.0525. The lowest BCUT2D eigenvalue weighted by atomic mass is 10.2. The van der Waals surface area contributed by atoms with Crippen LogP contribution in [0.15, 0.2) is 46.9 Å². The number of benzene rings is 2. The van der Waals surface area contributed by atoms with Gasteiger partial charge in [-0.1, -0.05) is 15.9 Å². The van der Waals surface area contributed by atoms with Crippen LogP contribution in [-0.2, 0) is 0 Å². The summed E-state index contributed by atoms with van der Waals surface area (Å²) in [6.07, 6.45) is 0. The molecule has 0 aliphatic carbocycles. The van der Waals surface area contributed by atoms with Crippen molar-refractivity contribution in [3.63, 3.8) is 0 Å². The van der Waals surface area contributed by atoms with Crippen molar-refractivity contribution in [2.45, 2.75) is 6.92 Å². The first-order chi connectivity index (χ1) is 12.0. The maximum Gasteiger partial charge on any atom is 0.229 e. The van der Waals surface area contributed by atoms with Gasteiger partial charge in [-0.15, -0.1) is 0 Å². The number of rotatable bonds is 2. The molecule has 0 saturated carbocycles. The fraction of sp³-hybridized carbons (Fsp3) is 0.158. The molecule has 0 bridgehead atoms. The van der Waals surface area contributed by atoms with Gasteiger partial charge in [-0.2, -0.15) is 0 Å². The van der Waals surface area contributed by atoms with Crippen molar-refractivity contribution >= 4 is 49.6 Å². The number of fused-ring (bicyclic) bond motifs is 3. The number of aromatic nitrogens is 3. The topological polar surface area (TPSA) is 85.4 Å². The van der Waals surface area contributed by atoms with E-state index < -0.39 is 0 Å². The summed E-state index contributed by atoms with van der Waals surface area (Å²) in [5.41, 5.74) is 4.51. The van der Waals surface area contributed by atoms with Crippen LogP contribution in [0.4, 0.5) is 5.69 Å². The van der Waals surface area contributed by atoms with E-state index in [4.69, 9.17) is 4.98 Å². The number of anilines is 1. The molecule has 0 spiro atoms. The molecule has 0 amide bonds. The number of aromatic amines is 1. The lowest BCUT2D eigenvalue weighted by Gasteiger charge is -2.12. The monoisotopic (exact) mass is 414 g/mol. The van der Waals surface area contributed by atoms with Crippen molar-refractivity contribution < 1.29 is 10.3 Å². The molecule has 134 valence electrons. The summed E-state index contributed by atoms with van der Waals surface area (Å²) in [4.78, 5) is 22.3. The Bertz CT molecular complexity index is 1110. The Morgan fingerprint density at radius 1 is 1.15 bits per heavy atom. The van der Waals surface area contributed by atoms with Crippen molar-refractivity contribution in [2.75, 3.05) is 19.0 Å². The van der Waals surface area contributed by atoms with Gasteiger partial charge in [0.1, 0.15) is 5.82 Å². The lowest BCUT2D eigenvalue weighted by molar-refractivity contribution is 0.0946. The quantitative estimate of drug-likeness (QED) is 0.540. The Hall–Kier alpha value is -2.64. The minimum Gasteiger partial charge on any atom is -0.412 e. The fourth-order valence-electron chi connectivity index (χ4n) is 3.10. The van der Waals surface area contributed by atoms with Crippen molar-refractivity contribution in [1.29, 1.82) is 0 Å². The van der Waals surface area contributed by atoms with Crippen LogP contribution in [0.3, 0.4) is 0 Å². The number of hydrogen-bond donors (Lipinski definition) is 1. The highest BCUT2D eigenvalue weighted by Crippen LogP contribution is 2.32. The third-order valence-corrected chi connectivity index (χ3v) is 4.83. The summed E-state index contributed by atoms with van der Waals surface area (Å²) in [6, 6.07) is 14.0. The molecule has 2 heterocycles. The summed E-state index contributed by atoms with van der Waals surface area (Å²) in [5, 5.41) is 0.975. The van der Waals surface area contributed by atoms with E-state index in [2.05, 4.69) is 37.9 Å². The molecule has 6 nitrogen and oxygen atoms in total. The molecule has 0 atom stereocenters. The maximum atomic E-state index is 12.2. The zero-order valence-corrected chi connectivity index (χ0v) is 16.3. The molecule has 7 heteroatoms. The van der Waals surface area contributed by atoms with Crippen LogP contribution in [-0.4, -0.2) is 40.0 Å². The largest absolute Gasteiger partial charge is 0.412 e. The van der Waals surface area contributed by atoms with E-state index in [0.717, 1.165) is 38.0 Å². The van der Waals surface area contributed by atoms with E-state index >= 15 is 0 Å². The number of imidazole rings is 1. The van der Waals surface area contributed by atoms with Crippen LogP contribution < -0.4 is 4.90 Å². The summed E-state index contributed by atoms with van der Waals surface area (Å²) < 4.78 is 2.62. The summed E-state index contributed by atoms with van der Waals surface area (Å²) in [7, 11) is 4.02. The van der Waals surface area contributed by atoms with E-state index in [9.17, 15) is 4.79 Å². The molecule has 0 radical (unpaired) electrons. The van der Waals surface area contributed by atoms with Gasteiger partial charge in [0.15, 0.2) is 5.65 Å². The van der Waals surface area contributed by atoms with Crippen molar-refractivity contribution in [2.24, 2.45) is 0 Å². The second-order valence-electron chi connectivity index (χ2n) is 6.24. The maximum absolute atomic E-state index is 12.2. The third-order valence-electron chi connectivity index (χ3n) is 4.34. The molecule has 0 aliphatic rings. The van der Waals surface area contributed by atoms with E-state index in [1.807, 2.05) is 44.4 Å². The fourth-order valence-corrected chi connectivity index (χ4v) is 3.47. The van der Waals surface area contributed by atoms with Gasteiger partial charge in [-0.25, -0.2) is 4.98 Å². The van der Waals surface area contributed by atoms with E-state index in [1.165, 1.54) is 0 Å². The second kappa shape index (κ2) is 6.59. The molecule has 4 aromatic rings. The average molecular weight is 415 g/mol. The molecule has 0 fully saturated rings. The first-order valence-corrected chi connectivity index (χ1v) is 8.73. The van der Waals surface area contributed by atoms with Gasteiger partial charge in [0.2, 0.25) is 5.91 Å². The number of nitrogens with one attached hydrogen (secondary N) is 1. The Balaban J connectivity index is 0.00000196. The standard InChI is InChI=1S/C19H17BrN4O.H2O/c1-11(25)24-16-9-6-13(20)10-15(16)17-19(24)22-18(21-17)12-4-7-14(8-5-12)23(2)3;/h4-10H,1-3H3,(H,21,22);1H2. The van der Waals surface area contributed by atoms with Gasteiger partial charge in [0, 0.05) is 42.1 Å². The van der Waals surface area contributed by atoms with Gasteiger partial charge in [0.25, 0.3) is 0 Å². The van der Waals surface area contributed by atoms with Gasteiger partial charge in [-0.3, -0.25) is 9.36 Å². The smallest absolute Gasteiger partial charge is 0.229 e. The SMILES string of the molecule is CC(=O)n1c2ccc(Br)cc2c2[nH]c(-c3ccc(N(C)C)cc3)nc21.O. The zero-order valence-electron chi connectivity index (χ0n) is 14.7. The summed E-state index contributed by atoms with van der Waals surface area (Å²) >= 11 is 3.50. The Morgan fingerprint density at radius 3 is 2.46 bits per heavy atom. The highest BCUT2D eigenvalue weighted by atomic mass is 79.9. The van der Waals surface area contributed by atoms with Crippen LogP contribution in [0.5, 0.6) is 0 Å². The first kappa shape index (κ1) is 18.2. The van der Waals surface area contributed by atoms with E-state index in [1.54, 1.807) is 11.5 Å². The molecular weight excluding hydrogens is 396 g/mol. The molecule has 2 aromatic heterocycles. The highest BCUT2D eigenvalue weighted by Gasteiger charge is 2.18. The molecule has 0 aliphatic heterocycles. The van der Waals surface area contributed by atoms with Crippen LogP contribution in [0.1, 0.15) is 11.7 Å². The Kier molecular flexibility index (Phi) is 4.60. The van der Waals surface area contributed by atoms with Gasteiger partial charge in [0.05, 0.1) is 11.0 Å². The highest BCUT2D eigenvalue weighted by molar-refractivity contribution is 9.10. The molecular formula is C19H19BrN4O2. The third kappa shape index (κ3) is 2.79. The molecule has 0 saturated heterocycles. The predicted molar refractivity (Wildman–Crippen MR) is 109 cm³/mol. The average Bonchev–Trinajstić information content (AvgIpc) is 3.12. The molecule has 2 aromatic carbocycles. The van der Waals surface area contributed by atoms with Crippen LogP contribution >= 0.6 is 15.9 Å². The normalized spacial score (nSPS) is 10.9. The molecule has 4 rings (SSSR count). The second-order valence-corrected chi connectivity index (χ2v) is 7.16. The number of nitrogens with zero attached hydrogens (tertiary/aromatic N) is 3. The van der Waals surface area contributed by atoms with Crippen LogP contribution in [0, 0.1) is 0 Å². The van der Waals surface area contributed by atoms with E-state index in [0.29, 0.717) is 5.65 Å². The van der Waals surface area contributed by atoms with Crippen LogP contribution in [0.2, 0.25) is 0 Å².